The van der Waals surface area contributed by atoms with Gasteiger partial charge in [-0.25, -0.2) is 0 Å². The molecule has 248 valence electrons. The molecule has 0 unspecified atom stereocenters. The molecule has 3 heterocycles. The van der Waals surface area contributed by atoms with Crippen LogP contribution in [0.1, 0.15) is 41.5 Å². The Bertz CT molecular complexity index is 1540. The Balaban J connectivity index is 1.05. The van der Waals surface area contributed by atoms with Gasteiger partial charge in [-0.2, -0.15) is 0 Å². The molecule has 10 heteroatoms. The van der Waals surface area contributed by atoms with Crippen LogP contribution < -0.4 is 20.9 Å². The lowest BCUT2D eigenvalue weighted by molar-refractivity contribution is -0.137. The Labute approximate surface area is 282 Å². The second-order valence-electron chi connectivity index (χ2n) is 12.8. The molecule has 6 rings (SSSR count). The lowest BCUT2D eigenvalue weighted by Crippen LogP contribution is -2.58. The van der Waals surface area contributed by atoms with E-state index in [1.165, 1.54) is 16.8 Å². The summed E-state index contributed by atoms with van der Waals surface area (Å²) >= 11 is 6.13. The van der Waals surface area contributed by atoms with E-state index in [1.54, 1.807) is 0 Å². The van der Waals surface area contributed by atoms with Crippen molar-refractivity contribution >= 4 is 35.0 Å². The monoisotopic (exact) mass is 656 g/mol. The first-order valence-corrected chi connectivity index (χ1v) is 17.3. The quantitative estimate of drug-likeness (QED) is 0.258. The van der Waals surface area contributed by atoms with E-state index < -0.39 is 12.1 Å². The molecule has 3 aromatic carbocycles. The normalized spacial score (nSPS) is 18.6. The minimum atomic E-state index is -0.679. The van der Waals surface area contributed by atoms with Gasteiger partial charge in [0.1, 0.15) is 6.04 Å². The molecule has 3 N–H and O–H groups in total. The van der Waals surface area contributed by atoms with Gasteiger partial charge in [-0.3, -0.25) is 14.4 Å². The molecule has 3 amide bonds. The van der Waals surface area contributed by atoms with E-state index in [2.05, 4.69) is 57.2 Å². The van der Waals surface area contributed by atoms with E-state index in [-0.39, 0.29) is 17.7 Å². The highest BCUT2D eigenvalue weighted by Gasteiger charge is 2.32. The van der Waals surface area contributed by atoms with Crippen LogP contribution in [-0.4, -0.2) is 85.4 Å². The summed E-state index contributed by atoms with van der Waals surface area (Å²) in [4.78, 5) is 45.6. The van der Waals surface area contributed by atoms with E-state index in [0.717, 1.165) is 50.1 Å². The van der Waals surface area contributed by atoms with E-state index in [9.17, 15) is 14.4 Å². The SMILES string of the molecule is O=C(N[C@H](Cc1ccc(Cl)cc1)C(=O)N1CCN(c2ccccc2CNCCCN2CCCC2=O)CC1)[C@H]1Cc2ccccc2CN1. The van der Waals surface area contributed by atoms with Crippen molar-refractivity contribution in [2.75, 3.05) is 50.7 Å². The summed E-state index contributed by atoms with van der Waals surface area (Å²) in [6.45, 7) is 6.50. The number of hydrogen-bond acceptors (Lipinski definition) is 6. The second-order valence-corrected chi connectivity index (χ2v) is 13.2. The van der Waals surface area contributed by atoms with Gasteiger partial charge in [0.05, 0.1) is 6.04 Å². The molecule has 3 aromatic rings. The molecule has 2 saturated heterocycles. The van der Waals surface area contributed by atoms with E-state index >= 15 is 0 Å². The topological polar surface area (TPSA) is 97.0 Å². The summed E-state index contributed by atoms with van der Waals surface area (Å²) in [5.74, 6) is 0.0635. The first-order chi connectivity index (χ1) is 22.9. The van der Waals surface area contributed by atoms with Crippen LogP contribution in [0.3, 0.4) is 0 Å². The predicted molar refractivity (Wildman–Crippen MR) is 185 cm³/mol. The molecule has 47 heavy (non-hydrogen) atoms. The summed E-state index contributed by atoms with van der Waals surface area (Å²) < 4.78 is 0. The maximum atomic E-state index is 14.0. The molecule has 3 aliphatic heterocycles. The van der Waals surface area contributed by atoms with Crippen LogP contribution in [-0.2, 0) is 40.3 Å². The summed E-state index contributed by atoms with van der Waals surface area (Å²) in [6, 6.07) is 23.0. The molecule has 0 saturated carbocycles. The van der Waals surface area contributed by atoms with Crippen molar-refractivity contribution < 1.29 is 14.4 Å². The third-order valence-corrected chi connectivity index (χ3v) is 9.81. The number of para-hydroxylation sites is 1. The van der Waals surface area contributed by atoms with Gasteiger partial charge in [0.15, 0.2) is 0 Å². The third-order valence-electron chi connectivity index (χ3n) is 9.56. The number of likely N-dealkylation sites (tertiary alicyclic amines) is 1. The van der Waals surface area contributed by atoms with Crippen LogP contribution >= 0.6 is 11.6 Å². The zero-order valence-electron chi connectivity index (χ0n) is 26.9. The fraction of sp³-hybridized carbons (Fsp3) is 0.432. The number of amides is 3. The Kier molecular flexibility index (Phi) is 11.1. The van der Waals surface area contributed by atoms with Crippen LogP contribution in [0.4, 0.5) is 5.69 Å². The highest BCUT2D eigenvalue weighted by Crippen LogP contribution is 2.23. The zero-order valence-corrected chi connectivity index (χ0v) is 27.7. The highest BCUT2D eigenvalue weighted by molar-refractivity contribution is 6.30. The van der Waals surface area contributed by atoms with Crippen molar-refractivity contribution in [1.82, 2.24) is 25.8 Å². The van der Waals surface area contributed by atoms with Gasteiger partial charge in [-0.15, -0.1) is 0 Å². The van der Waals surface area contributed by atoms with Gasteiger partial charge in [0.25, 0.3) is 0 Å². The van der Waals surface area contributed by atoms with Gasteiger partial charge >= 0.3 is 0 Å². The summed E-state index contributed by atoms with van der Waals surface area (Å²) in [5.41, 5.74) is 5.71. The van der Waals surface area contributed by atoms with Gasteiger partial charge in [-0.1, -0.05) is 66.2 Å². The zero-order chi connectivity index (χ0) is 32.6. The minimum absolute atomic E-state index is 0.0596. The standard InChI is InChI=1S/C37H45ClN6O3/c38-31-14-12-27(13-15-31)23-33(41-36(46)32-24-28-7-1-2-8-29(28)26-40-32)37(47)44-21-19-42(20-22-44)34-10-4-3-9-30(34)25-39-16-6-18-43-17-5-11-35(43)45/h1-4,7-10,12-15,32-33,39-40H,5-6,11,16-26H2,(H,41,46)/t32-,33-/m1/s1. The third kappa shape index (κ3) is 8.52. The van der Waals surface area contributed by atoms with Crippen LogP contribution in [0.25, 0.3) is 0 Å². The molecule has 9 nitrogen and oxygen atoms in total. The van der Waals surface area contributed by atoms with Gasteiger partial charge in [0.2, 0.25) is 17.7 Å². The number of benzene rings is 3. The van der Waals surface area contributed by atoms with Crippen LogP contribution in [0.15, 0.2) is 72.8 Å². The molecular weight excluding hydrogens is 612 g/mol. The number of nitrogens with zero attached hydrogens (tertiary/aromatic N) is 3. The van der Waals surface area contributed by atoms with Crippen molar-refractivity contribution in [2.45, 2.75) is 57.3 Å². The number of carbonyl (C=O) groups is 3. The van der Waals surface area contributed by atoms with Crippen LogP contribution in [0, 0.1) is 0 Å². The van der Waals surface area contributed by atoms with Gasteiger partial charge in [0, 0.05) is 75.9 Å². The predicted octanol–water partition coefficient (Wildman–Crippen LogP) is 3.53. The summed E-state index contributed by atoms with van der Waals surface area (Å²) in [5, 5.41) is 10.7. The summed E-state index contributed by atoms with van der Waals surface area (Å²) in [7, 11) is 0. The van der Waals surface area contributed by atoms with Crippen molar-refractivity contribution in [3.05, 3.63) is 100 Å². The minimum Gasteiger partial charge on any atom is -0.368 e. The number of piperazine rings is 1. The first-order valence-electron chi connectivity index (χ1n) is 16.9. The van der Waals surface area contributed by atoms with Gasteiger partial charge < -0.3 is 30.7 Å². The van der Waals surface area contributed by atoms with E-state index in [0.29, 0.717) is 57.0 Å². The number of anilines is 1. The molecule has 0 aromatic heterocycles. The van der Waals surface area contributed by atoms with Crippen molar-refractivity contribution in [3.63, 3.8) is 0 Å². The largest absolute Gasteiger partial charge is 0.368 e. The molecule has 0 aliphatic carbocycles. The average Bonchev–Trinajstić information content (AvgIpc) is 3.52. The fourth-order valence-corrected chi connectivity index (χ4v) is 7.01. The summed E-state index contributed by atoms with van der Waals surface area (Å²) in [6.07, 6.45) is 3.58. The molecule has 2 fully saturated rings. The molecular formula is C37H45ClN6O3. The Morgan fingerprint density at radius 3 is 2.43 bits per heavy atom. The average molecular weight is 657 g/mol. The molecule has 0 spiro atoms. The maximum absolute atomic E-state index is 14.0. The smallest absolute Gasteiger partial charge is 0.245 e. The van der Waals surface area contributed by atoms with Crippen molar-refractivity contribution in [3.8, 4) is 0 Å². The lowest BCUT2D eigenvalue weighted by Gasteiger charge is -2.38. The fourth-order valence-electron chi connectivity index (χ4n) is 6.88. The maximum Gasteiger partial charge on any atom is 0.245 e. The van der Waals surface area contributed by atoms with Crippen molar-refractivity contribution in [2.24, 2.45) is 0 Å². The van der Waals surface area contributed by atoms with Crippen LogP contribution in [0.5, 0.6) is 0 Å². The lowest BCUT2D eigenvalue weighted by atomic mass is 9.95. The Morgan fingerprint density at radius 2 is 1.66 bits per heavy atom. The molecule has 2 atom stereocenters. The number of rotatable bonds is 12. The number of nitrogens with one attached hydrogen (secondary N) is 3. The number of halogens is 1. The number of carbonyl (C=O) groups excluding carboxylic acids is 3. The molecule has 3 aliphatic rings. The Hall–Kier alpha value is -3.92. The van der Waals surface area contributed by atoms with Crippen LogP contribution in [0.2, 0.25) is 5.02 Å². The molecule has 0 radical (unpaired) electrons. The number of fused-ring (bicyclic) bond motifs is 1. The first kappa shape index (κ1) is 33.0. The van der Waals surface area contributed by atoms with E-state index in [1.807, 2.05) is 46.2 Å². The molecule has 0 bridgehead atoms. The number of hydrogen-bond donors (Lipinski definition) is 3. The van der Waals surface area contributed by atoms with Gasteiger partial charge in [-0.05, 0) is 66.3 Å². The van der Waals surface area contributed by atoms with E-state index in [4.69, 9.17) is 11.6 Å². The Morgan fingerprint density at radius 1 is 0.915 bits per heavy atom. The second kappa shape index (κ2) is 15.8. The van der Waals surface area contributed by atoms with Crippen molar-refractivity contribution in [1.29, 1.82) is 0 Å². The highest BCUT2D eigenvalue weighted by atomic mass is 35.5.